The summed E-state index contributed by atoms with van der Waals surface area (Å²) < 4.78 is 0. The summed E-state index contributed by atoms with van der Waals surface area (Å²) in [6.45, 7) is 5.78. The lowest BCUT2D eigenvalue weighted by atomic mass is 10.3. The molecule has 0 fully saturated rings. The van der Waals surface area contributed by atoms with Crippen LogP contribution in [0.4, 0.5) is 0 Å². The molecule has 1 aromatic heterocycles. The summed E-state index contributed by atoms with van der Waals surface area (Å²) >= 11 is 1.71. The number of aliphatic hydroxyl groups is 1. The first-order valence-electron chi connectivity index (χ1n) is 4.63. The Labute approximate surface area is 84.6 Å². The fourth-order valence-electron chi connectivity index (χ4n) is 0.715. The van der Waals surface area contributed by atoms with Gasteiger partial charge in [0.15, 0.2) is 0 Å². The lowest BCUT2D eigenvalue weighted by Crippen LogP contribution is -2.18. The fraction of sp³-hybridized carbons (Fsp3) is 0.600. The Hall–Kier alpha value is -0.380. The van der Waals surface area contributed by atoms with Gasteiger partial charge < -0.3 is 10.4 Å². The summed E-state index contributed by atoms with van der Waals surface area (Å²) in [5.74, 6) is 0. The molecule has 1 aromatic rings. The average molecular weight is 201 g/mol. The second-order valence-corrected chi connectivity index (χ2v) is 3.60. The van der Waals surface area contributed by atoms with E-state index in [1.54, 1.807) is 18.3 Å². The first-order valence-corrected chi connectivity index (χ1v) is 5.57. The van der Waals surface area contributed by atoms with Gasteiger partial charge in [-0.15, -0.1) is 0 Å². The smallest absolute Gasteiger partial charge is 0.0524 e. The number of nitrogens with one attached hydrogen (secondary N) is 1. The average Bonchev–Trinajstić information content (AvgIpc) is 2.61. The maximum Gasteiger partial charge on any atom is 0.0524 e. The highest BCUT2D eigenvalue weighted by atomic mass is 32.1. The van der Waals surface area contributed by atoms with Gasteiger partial charge in [-0.25, -0.2) is 0 Å². The van der Waals surface area contributed by atoms with Gasteiger partial charge in [0.1, 0.15) is 0 Å². The second kappa shape index (κ2) is 9.71. The highest BCUT2D eigenvalue weighted by Gasteiger charge is 1.91. The van der Waals surface area contributed by atoms with Crippen molar-refractivity contribution < 1.29 is 5.11 Å². The summed E-state index contributed by atoms with van der Waals surface area (Å²) in [4.78, 5) is 0. The van der Waals surface area contributed by atoms with Crippen LogP contribution in [0.1, 0.15) is 20.3 Å². The Kier molecular flexibility index (Phi) is 9.42. The van der Waals surface area contributed by atoms with E-state index >= 15 is 0 Å². The summed E-state index contributed by atoms with van der Waals surface area (Å²) in [6, 6.07) is 4.04. The van der Waals surface area contributed by atoms with Gasteiger partial charge in [0, 0.05) is 0 Å². The molecule has 1 rings (SSSR count). The highest BCUT2D eigenvalue weighted by Crippen LogP contribution is 1.91. The predicted octanol–water partition coefficient (Wildman–Crippen LogP) is 2.11. The van der Waals surface area contributed by atoms with E-state index < -0.39 is 0 Å². The second-order valence-electron chi connectivity index (χ2n) is 2.78. The molecule has 2 nitrogen and oxygen atoms in total. The molecule has 0 radical (unpaired) electrons. The van der Waals surface area contributed by atoms with Crippen molar-refractivity contribution in [3.63, 3.8) is 0 Å². The van der Waals surface area contributed by atoms with Crippen molar-refractivity contribution in [3.05, 3.63) is 22.9 Å². The van der Waals surface area contributed by atoms with Gasteiger partial charge in [0.2, 0.25) is 0 Å². The molecule has 0 aliphatic rings. The minimum Gasteiger partial charge on any atom is -0.393 e. The standard InChI is InChI=1S/C6H15NO.C4H4S/c1-3-7-5-4-6(2)8;1-2-4-5-3-1/h6-8H,3-5H2,1-2H3;1-4H. The van der Waals surface area contributed by atoms with Crippen LogP contribution in [0.25, 0.3) is 0 Å². The van der Waals surface area contributed by atoms with Crippen molar-refractivity contribution in [1.29, 1.82) is 0 Å². The molecular formula is C10H19NOS. The molecule has 1 atom stereocenters. The third-order valence-electron chi connectivity index (χ3n) is 1.41. The third kappa shape index (κ3) is 11.6. The molecule has 2 N–H and O–H groups in total. The SMILES string of the molecule is CCNCCC(C)O.c1ccsc1. The normalized spacial score (nSPS) is 11.6. The Bertz CT molecular complexity index is 146. The molecule has 0 aliphatic carbocycles. The van der Waals surface area contributed by atoms with Crippen LogP contribution in [0.3, 0.4) is 0 Å². The number of thiophene rings is 1. The zero-order valence-corrected chi connectivity index (χ0v) is 9.18. The van der Waals surface area contributed by atoms with Crippen LogP contribution in [-0.4, -0.2) is 24.3 Å². The van der Waals surface area contributed by atoms with Crippen LogP contribution >= 0.6 is 11.3 Å². The predicted molar refractivity (Wildman–Crippen MR) is 59.2 cm³/mol. The Morgan fingerprint density at radius 3 is 2.31 bits per heavy atom. The summed E-state index contributed by atoms with van der Waals surface area (Å²) in [5.41, 5.74) is 0. The van der Waals surface area contributed by atoms with E-state index in [1.807, 2.05) is 22.9 Å². The molecule has 1 unspecified atom stereocenters. The Balaban J connectivity index is 0.000000243. The zero-order valence-electron chi connectivity index (χ0n) is 8.36. The minimum absolute atomic E-state index is 0.158. The van der Waals surface area contributed by atoms with Gasteiger partial charge in [-0.1, -0.05) is 19.1 Å². The zero-order chi connectivity index (χ0) is 9.94. The van der Waals surface area contributed by atoms with Gasteiger partial charge in [0.25, 0.3) is 0 Å². The quantitative estimate of drug-likeness (QED) is 0.731. The number of rotatable bonds is 4. The van der Waals surface area contributed by atoms with Gasteiger partial charge in [-0.05, 0) is 37.2 Å². The van der Waals surface area contributed by atoms with E-state index in [-0.39, 0.29) is 6.10 Å². The maximum absolute atomic E-state index is 8.74. The topological polar surface area (TPSA) is 32.3 Å². The molecule has 1 heterocycles. The van der Waals surface area contributed by atoms with Gasteiger partial charge in [0.05, 0.1) is 6.10 Å². The largest absolute Gasteiger partial charge is 0.393 e. The van der Waals surface area contributed by atoms with Crippen molar-refractivity contribution >= 4 is 11.3 Å². The van der Waals surface area contributed by atoms with Crippen LogP contribution in [-0.2, 0) is 0 Å². The molecule has 0 aliphatic heterocycles. The van der Waals surface area contributed by atoms with Crippen LogP contribution in [0.5, 0.6) is 0 Å². The Morgan fingerprint density at radius 1 is 1.38 bits per heavy atom. The van der Waals surface area contributed by atoms with Gasteiger partial charge >= 0.3 is 0 Å². The third-order valence-corrected chi connectivity index (χ3v) is 2.04. The van der Waals surface area contributed by atoms with Crippen LogP contribution < -0.4 is 5.32 Å². The van der Waals surface area contributed by atoms with Gasteiger partial charge in [-0.3, -0.25) is 0 Å². The van der Waals surface area contributed by atoms with Crippen LogP contribution in [0.2, 0.25) is 0 Å². The molecule has 13 heavy (non-hydrogen) atoms. The van der Waals surface area contributed by atoms with E-state index in [0.717, 1.165) is 19.5 Å². The van der Waals surface area contributed by atoms with Gasteiger partial charge in [-0.2, -0.15) is 11.3 Å². The summed E-state index contributed by atoms with van der Waals surface area (Å²) in [5, 5.41) is 15.9. The first-order chi connectivity index (χ1) is 6.27. The fourth-order valence-corrected chi connectivity index (χ4v) is 1.17. The molecule has 0 saturated heterocycles. The number of hydrogen-bond acceptors (Lipinski definition) is 3. The van der Waals surface area contributed by atoms with Crippen LogP contribution in [0.15, 0.2) is 22.9 Å². The van der Waals surface area contributed by atoms with E-state index in [2.05, 4.69) is 12.2 Å². The van der Waals surface area contributed by atoms with E-state index in [0.29, 0.717) is 0 Å². The maximum atomic E-state index is 8.74. The van der Waals surface area contributed by atoms with Crippen molar-refractivity contribution in [2.75, 3.05) is 13.1 Å². The van der Waals surface area contributed by atoms with E-state index in [9.17, 15) is 0 Å². The van der Waals surface area contributed by atoms with Crippen molar-refractivity contribution in [1.82, 2.24) is 5.32 Å². The van der Waals surface area contributed by atoms with Crippen molar-refractivity contribution in [3.8, 4) is 0 Å². The molecule has 0 saturated carbocycles. The number of hydrogen-bond donors (Lipinski definition) is 2. The Morgan fingerprint density at radius 2 is 2.00 bits per heavy atom. The first kappa shape index (κ1) is 12.6. The van der Waals surface area contributed by atoms with Crippen molar-refractivity contribution in [2.45, 2.75) is 26.4 Å². The van der Waals surface area contributed by atoms with E-state index in [4.69, 9.17) is 5.11 Å². The lowest BCUT2D eigenvalue weighted by molar-refractivity contribution is 0.184. The highest BCUT2D eigenvalue weighted by molar-refractivity contribution is 7.07. The molecule has 0 aromatic carbocycles. The summed E-state index contributed by atoms with van der Waals surface area (Å²) in [7, 11) is 0. The van der Waals surface area contributed by atoms with E-state index in [1.165, 1.54) is 0 Å². The van der Waals surface area contributed by atoms with Crippen LogP contribution in [0, 0.1) is 0 Å². The molecule has 76 valence electrons. The molecule has 3 heteroatoms. The monoisotopic (exact) mass is 201 g/mol. The molecule has 0 bridgehead atoms. The molecular weight excluding hydrogens is 182 g/mol. The minimum atomic E-state index is -0.158. The molecule has 0 spiro atoms. The van der Waals surface area contributed by atoms with Crippen molar-refractivity contribution in [2.24, 2.45) is 0 Å². The molecule has 0 amide bonds. The number of aliphatic hydroxyl groups excluding tert-OH is 1. The lowest BCUT2D eigenvalue weighted by Gasteiger charge is -2.02. The summed E-state index contributed by atoms with van der Waals surface area (Å²) in [6.07, 6.45) is 0.697.